The number of aromatic nitrogens is 3. The summed E-state index contributed by atoms with van der Waals surface area (Å²) in [6.45, 7) is 0.195. The first-order chi connectivity index (χ1) is 8.53. The molecular weight excluding hydrogens is 245 g/mol. The Hall–Kier alpha value is -1.63. The van der Waals surface area contributed by atoms with Gasteiger partial charge in [-0.2, -0.15) is 13.2 Å². The minimum atomic E-state index is -4.33. The molecule has 1 unspecified atom stereocenters. The molecule has 96 valence electrons. The summed E-state index contributed by atoms with van der Waals surface area (Å²) in [6.07, 6.45) is -2.82. The molecule has 1 atom stereocenters. The first-order valence-electron chi connectivity index (χ1n) is 5.62. The second kappa shape index (κ2) is 3.68. The van der Waals surface area contributed by atoms with Crippen LogP contribution in [0.1, 0.15) is 12.2 Å². The number of nitrogens with one attached hydrogen (secondary N) is 2. The zero-order valence-electron chi connectivity index (χ0n) is 9.38. The van der Waals surface area contributed by atoms with Gasteiger partial charge in [-0.1, -0.05) is 0 Å². The lowest BCUT2D eigenvalue weighted by atomic mass is 9.85. The molecule has 1 aliphatic rings. The molecule has 0 radical (unpaired) electrons. The smallest absolute Gasteiger partial charge is 0.340 e. The molecule has 3 rings (SSSR count). The second-order valence-electron chi connectivity index (χ2n) is 4.47. The normalized spacial score (nSPS) is 24.8. The topological polar surface area (TPSA) is 53.6 Å². The number of hydrogen-bond acceptors (Lipinski definition) is 3. The SMILES string of the molecule is FC(F)(F)C1(c2nc3ncccc3[nH]2)CCNC1. The largest absolute Gasteiger partial charge is 0.402 e. The van der Waals surface area contributed by atoms with E-state index in [1.807, 2.05) is 0 Å². The molecule has 3 heterocycles. The summed E-state index contributed by atoms with van der Waals surface area (Å²) in [5.74, 6) is -0.0475. The highest BCUT2D eigenvalue weighted by atomic mass is 19.4. The Morgan fingerprint density at radius 2 is 2.17 bits per heavy atom. The highest BCUT2D eigenvalue weighted by Gasteiger charge is 2.59. The zero-order chi connectivity index (χ0) is 12.8. The van der Waals surface area contributed by atoms with Crippen LogP contribution in [0.2, 0.25) is 0 Å². The van der Waals surface area contributed by atoms with E-state index in [2.05, 4.69) is 20.3 Å². The number of aromatic amines is 1. The predicted octanol–water partition coefficient (Wildman–Crippen LogP) is 1.75. The van der Waals surface area contributed by atoms with Gasteiger partial charge in [0, 0.05) is 12.7 Å². The molecule has 1 fully saturated rings. The van der Waals surface area contributed by atoms with Crippen molar-refractivity contribution >= 4 is 11.2 Å². The average molecular weight is 256 g/mol. The third-order valence-electron chi connectivity index (χ3n) is 3.41. The van der Waals surface area contributed by atoms with Gasteiger partial charge in [0.2, 0.25) is 0 Å². The molecule has 7 heteroatoms. The van der Waals surface area contributed by atoms with E-state index in [-0.39, 0.29) is 18.8 Å². The monoisotopic (exact) mass is 256 g/mol. The molecule has 0 amide bonds. The molecule has 0 aliphatic carbocycles. The van der Waals surface area contributed by atoms with E-state index in [4.69, 9.17) is 0 Å². The molecule has 4 nitrogen and oxygen atoms in total. The third-order valence-corrected chi connectivity index (χ3v) is 3.41. The van der Waals surface area contributed by atoms with Crippen LogP contribution in [0.3, 0.4) is 0 Å². The fraction of sp³-hybridized carbons (Fsp3) is 0.455. The summed E-state index contributed by atoms with van der Waals surface area (Å²) in [6, 6.07) is 3.34. The van der Waals surface area contributed by atoms with Gasteiger partial charge in [0.15, 0.2) is 5.65 Å². The highest BCUT2D eigenvalue weighted by molar-refractivity contribution is 5.70. The van der Waals surface area contributed by atoms with E-state index in [0.717, 1.165) is 0 Å². The second-order valence-corrected chi connectivity index (χ2v) is 4.47. The van der Waals surface area contributed by atoms with Crippen LogP contribution in [-0.4, -0.2) is 34.2 Å². The van der Waals surface area contributed by atoms with Crippen molar-refractivity contribution in [1.82, 2.24) is 20.3 Å². The number of hydrogen-bond donors (Lipinski definition) is 2. The molecule has 1 saturated heterocycles. The molecule has 18 heavy (non-hydrogen) atoms. The van der Waals surface area contributed by atoms with Gasteiger partial charge in [-0.05, 0) is 25.1 Å². The number of H-pyrrole nitrogens is 1. The van der Waals surface area contributed by atoms with E-state index >= 15 is 0 Å². The minimum Gasteiger partial charge on any atom is -0.340 e. The summed E-state index contributed by atoms with van der Waals surface area (Å²) >= 11 is 0. The molecule has 2 aromatic heterocycles. The first kappa shape index (κ1) is 11.5. The zero-order valence-corrected chi connectivity index (χ0v) is 9.38. The maximum absolute atomic E-state index is 13.3. The van der Waals surface area contributed by atoms with Gasteiger partial charge in [0.25, 0.3) is 0 Å². The van der Waals surface area contributed by atoms with Crippen LogP contribution in [0.4, 0.5) is 13.2 Å². The van der Waals surface area contributed by atoms with Crippen molar-refractivity contribution < 1.29 is 13.2 Å². The standard InChI is InChI=1S/C11H11F3N4/c12-11(13,14)10(3-5-15-6-10)9-17-7-2-1-4-16-8(7)18-9/h1-2,4,15H,3,5-6H2,(H,16,17,18). The first-order valence-corrected chi connectivity index (χ1v) is 5.62. The van der Waals surface area contributed by atoms with Gasteiger partial charge in [-0.25, -0.2) is 9.97 Å². The lowest BCUT2D eigenvalue weighted by Crippen LogP contribution is -2.45. The fourth-order valence-corrected chi connectivity index (χ4v) is 2.34. The highest BCUT2D eigenvalue weighted by Crippen LogP contribution is 2.44. The van der Waals surface area contributed by atoms with E-state index < -0.39 is 11.6 Å². The lowest BCUT2D eigenvalue weighted by molar-refractivity contribution is -0.186. The molecular formula is C11H11F3N4. The van der Waals surface area contributed by atoms with Crippen molar-refractivity contribution in [2.75, 3.05) is 13.1 Å². The average Bonchev–Trinajstić information content (AvgIpc) is 2.95. The summed E-state index contributed by atoms with van der Waals surface area (Å²) in [7, 11) is 0. The van der Waals surface area contributed by atoms with Crippen molar-refractivity contribution in [3.8, 4) is 0 Å². The van der Waals surface area contributed by atoms with Gasteiger partial charge in [-0.3, -0.25) is 0 Å². The molecule has 2 N–H and O–H groups in total. The summed E-state index contributed by atoms with van der Waals surface area (Å²) in [5, 5.41) is 2.76. The Morgan fingerprint density at radius 1 is 1.33 bits per heavy atom. The molecule has 0 bridgehead atoms. The minimum absolute atomic E-state index is 0.00365. The Kier molecular flexibility index (Phi) is 2.34. The Bertz CT molecular complexity index is 536. The maximum atomic E-state index is 13.3. The summed E-state index contributed by atoms with van der Waals surface area (Å²) < 4.78 is 39.9. The van der Waals surface area contributed by atoms with Crippen molar-refractivity contribution in [3.63, 3.8) is 0 Å². The van der Waals surface area contributed by atoms with Crippen LogP contribution < -0.4 is 5.32 Å². The predicted molar refractivity (Wildman–Crippen MR) is 59.1 cm³/mol. The van der Waals surface area contributed by atoms with Crippen LogP contribution in [0.15, 0.2) is 18.3 Å². The Labute approximate surface area is 101 Å². The van der Waals surface area contributed by atoms with E-state index in [1.54, 1.807) is 12.1 Å². The summed E-state index contributed by atoms with van der Waals surface area (Å²) in [4.78, 5) is 10.7. The van der Waals surface area contributed by atoms with Gasteiger partial charge in [0.1, 0.15) is 11.2 Å². The number of pyridine rings is 1. The third kappa shape index (κ3) is 1.50. The number of halogens is 3. The number of imidazole rings is 1. The van der Waals surface area contributed by atoms with E-state index in [9.17, 15) is 13.2 Å². The number of alkyl halides is 3. The van der Waals surface area contributed by atoms with Crippen molar-refractivity contribution in [1.29, 1.82) is 0 Å². The fourth-order valence-electron chi connectivity index (χ4n) is 2.34. The van der Waals surface area contributed by atoms with Gasteiger partial charge < -0.3 is 10.3 Å². The van der Waals surface area contributed by atoms with Crippen molar-refractivity contribution in [2.45, 2.75) is 18.0 Å². The van der Waals surface area contributed by atoms with Crippen LogP contribution in [0, 0.1) is 0 Å². The van der Waals surface area contributed by atoms with Crippen LogP contribution in [-0.2, 0) is 5.41 Å². The molecule has 0 spiro atoms. The quantitative estimate of drug-likeness (QED) is 0.817. The van der Waals surface area contributed by atoms with Crippen LogP contribution in [0.5, 0.6) is 0 Å². The van der Waals surface area contributed by atoms with Crippen molar-refractivity contribution in [3.05, 3.63) is 24.2 Å². The Balaban J connectivity index is 2.16. The van der Waals surface area contributed by atoms with Gasteiger partial charge >= 0.3 is 6.18 Å². The Morgan fingerprint density at radius 3 is 2.78 bits per heavy atom. The summed E-state index contributed by atoms with van der Waals surface area (Å²) in [5.41, 5.74) is -1.07. The molecule has 2 aromatic rings. The van der Waals surface area contributed by atoms with Gasteiger partial charge in [-0.15, -0.1) is 0 Å². The number of nitrogens with zero attached hydrogens (tertiary/aromatic N) is 2. The number of fused-ring (bicyclic) bond motifs is 1. The molecule has 1 aliphatic heterocycles. The van der Waals surface area contributed by atoms with Gasteiger partial charge in [0.05, 0.1) is 5.52 Å². The van der Waals surface area contributed by atoms with Crippen LogP contribution >= 0.6 is 0 Å². The van der Waals surface area contributed by atoms with Crippen LogP contribution in [0.25, 0.3) is 11.2 Å². The van der Waals surface area contributed by atoms with E-state index in [1.165, 1.54) is 6.20 Å². The number of rotatable bonds is 1. The lowest BCUT2D eigenvalue weighted by Gasteiger charge is -2.28. The molecule has 0 aromatic carbocycles. The van der Waals surface area contributed by atoms with E-state index in [0.29, 0.717) is 17.7 Å². The maximum Gasteiger partial charge on any atom is 0.402 e. The molecule has 0 saturated carbocycles. The van der Waals surface area contributed by atoms with Crippen molar-refractivity contribution in [2.24, 2.45) is 0 Å².